The van der Waals surface area contributed by atoms with Crippen LogP contribution in [0.15, 0.2) is 72.9 Å². The molecule has 0 aliphatic heterocycles. The van der Waals surface area contributed by atoms with Gasteiger partial charge >= 0.3 is 17.9 Å². The lowest BCUT2D eigenvalue weighted by Gasteiger charge is -2.18. The van der Waals surface area contributed by atoms with Crippen LogP contribution in [0.3, 0.4) is 0 Å². The summed E-state index contributed by atoms with van der Waals surface area (Å²) in [5.74, 6) is -0.923. The molecule has 0 aromatic carbocycles. The number of esters is 3. The zero-order valence-corrected chi connectivity index (χ0v) is 38.5. The summed E-state index contributed by atoms with van der Waals surface area (Å²) in [6.07, 6.45) is 58.7. The van der Waals surface area contributed by atoms with Gasteiger partial charge in [0.15, 0.2) is 6.10 Å². The van der Waals surface area contributed by atoms with Gasteiger partial charge in [-0.3, -0.25) is 14.4 Å². The van der Waals surface area contributed by atoms with Crippen LogP contribution < -0.4 is 0 Å². The molecule has 0 spiro atoms. The van der Waals surface area contributed by atoms with Crippen molar-refractivity contribution in [1.82, 2.24) is 0 Å². The summed E-state index contributed by atoms with van der Waals surface area (Å²) in [4.78, 5) is 37.8. The van der Waals surface area contributed by atoms with Crippen molar-refractivity contribution in [1.29, 1.82) is 0 Å². The van der Waals surface area contributed by atoms with E-state index < -0.39 is 6.10 Å². The number of hydrogen-bond donors (Lipinski definition) is 0. The summed E-state index contributed by atoms with van der Waals surface area (Å²) in [7, 11) is 0. The average molecular weight is 823 g/mol. The van der Waals surface area contributed by atoms with E-state index in [1.165, 1.54) is 96.3 Å². The maximum atomic E-state index is 12.7. The highest BCUT2D eigenvalue weighted by Gasteiger charge is 2.19. The van der Waals surface area contributed by atoms with E-state index in [9.17, 15) is 14.4 Å². The number of unbranched alkanes of at least 4 members (excludes halogenated alkanes) is 24. The van der Waals surface area contributed by atoms with Crippen LogP contribution in [-0.2, 0) is 28.6 Å². The van der Waals surface area contributed by atoms with E-state index in [4.69, 9.17) is 14.2 Å². The first-order valence-electron chi connectivity index (χ1n) is 24.5. The fraction of sp³-hybridized carbons (Fsp3) is 0.717. The molecule has 0 heterocycles. The van der Waals surface area contributed by atoms with Crippen molar-refractivity contribution < 1.29 is 28.6 Å². The van der Waals surface area contributed by atoms with E-state index in [-0.39, 0.29) is 31.1 Å². The first-order chi connectivity index (χ1) is 29.0. The Labute approximate surface area is 363 Å². The second-order valence-electron chi connectivity index (χ2n) is 16.1. The Morgan fingerprint density at radius 1 is 0.339 bits per heavy atom. The van der Waals surface area contributed by atoms with E-state index in [1.807, 2.05) is 24.3 Å². The van der Waals surface area contributed by atoms with E-state index in [0.717, 1.165) is 89.9 Å². The highest BCUT2D eigenvalue weighted by molar-refractivity contribution is 5.71. The maximum Gasteiger partial charge on any atom is 0.306 e. The van der Waals surface area contributed by atoms with Gasteiger partial charge in [-0.25, -0.2) is 0 Å². The molecule has 0 saturated carbocycles. The van der Waals surface area contributed by atoms with E-state index in [0.29, 0.717) is 19.3 Å². The van der Waals surface area contributed by atoms with Gasteiger partial charge in [0.25, 0.3) is 0 Å². The zero-order valence-electron chi connectivity index (χ0n) is 38.5. The van der Waals surface area contributed by atoms with Crippen molar-refractivity contribution in [2.45, 2.75) is 232 Å². The molecule has 0 aliphatic rings. The third kappa shape index (κ3) is 45.8. The van der Waals surface area contributed by atoms with Gasteiger partial charge in [0.2, 0.25) is 0 Å². The Balaban J connectivity index is 4.42. The van der Waals surface area contributed by atoms with Crippen molar-refractivity contribution in [3.8, 4) is 0 Å². The Hall–Kier alpha value is -3.15. The van der Waals surface area contributed by atoms with E-state index in [2.05, 4.69) is 69.4 Å². The standard InChI is InChI=1S/C53H90O6/c1-4-7-10-13-16-19-22-24-25-26-27-28-29-32-34-37-40-43-46-52(55)58-49-50(48-57-51(54)45-42-39-36-33-30-21-18-15-12-9-6-3)59-53(56)47-44-41-38-35-31-23-20-17-14-11-8-5-2/h10,13,15-16,18-19,22,24-28,50H,4-9,11-12,14,17,20-21,23,29-49H2,1-3H3/b13-10-,18-15-,19-16-,24-22-,26-25-,28-27-. The molecule has 1 unspecified atom stereocenters. The lowest BCUT2D eigenvalue weighted by molar-refractivity contribution is -0.167. The van der Waals surface area contributed by atoms with Crippen molar-refractivity contribution in [3.05, 3.63) is 72.9 Å². The molecular formula is C53H90O6. The molecule has 338 valence electrons. The topological polar surface area (TPSA) is 78.9 Å². The molecule has 0 radical (unpaired) electrons. The molecule has 0 fully saturated rings. The van der Waals surface area contributed by atoms with Crippen LogP contribution in [0.1, 0.15) is 226 Å². The predicted molar refractivity (Wildman–Crippen MR) is 251 cm³/mol. The third-order valence-electron chi connectivity index (χ3n) is 10.3. The van der Waals surface area contributed by atoms with Gasteiger partial charge in [0.1, 0.15) is 13.2 Å². The van der Waals surface area contributed by atoms with Gasteiger partial charge in [0.05, 0.1) is 0 Å². The van der Waals surface area contributed by atoms with Crippen LogP contribution in [-0.4, -0.2) is 37.2 Å². The first-order valence-corrected chi connectivity index (χ1v) is 24.5. The second kappa shape index (κ2) is 47.5. The molecule has 6 nitrogen and oxygen atoms in total. The van der Waals surface area contributed by atoms with Crippen molar-refractivity contribution in [3.63, 3.8) is 0 Å². The molecule has 0 aromatic rings. The van der Waals surface area contributed by atoms with Gasteiger partial charge in [0, 0.05) is 19.3 Å². The van der Waals surface area contributed by atoms with E-state index in [1.54, 1.807) is 0 Å². The molecule has 0 saturated heterocycles. The lowest BCUT2D eigenvalue weighted by atomic mass is 10.0. The van der Waals surface area contributed by atoms with Crippen LogP contribution >= 0.6 is 0 Å². The normalized spacial score (nSPS) is 12.7. The minimum Gasteiger partial charge on any atom is -0.462 e. The summed E-state index contributed by atoms with van der Waals surface area (Å²) in [5.41, 5.74) is 0. The van der Waals surface area contributed by atoms with Crippen LogP contribution in [0.4, 0.5) is 0 Å². The highest BCUT2D eigenvalue weighted by Crippen LogP contribution is 2.14. The van der Waals surface area contributed by atoms with Gasteiger partial charge in [-0.2, -0.15) is 0 Å². The molecule has 59 heavy (non-hydrogen) atoms. The predicted octanol–water partition coefficient (Wildman–Crippen LogP) is 15.9. The van der Waals surface area contributed by atoms with Crippen LogP contribution in [0, 0.1) is 0 Å². The van der Waals surface area contributed by atoms with Crippen molar-refractivity contribution >= 4 is 17.9 Å². The summed E-state index contributed by atoms with van der Waals surface area (Å²) in [6, 6.07) is 0. The Morgan fingerprint density at radius 2 is 0.678 bits per heavy atom. The monoisotopic (exact) mass is 823 g/mol. The highest BCUT2D eigenvalue weighted by atomic mass is 16.6. The molecule has 0 rings (SSSR count). The Bertz CT molecular complexity index is 1130. The number of allylic oxidation sites excluding steroid dienone is 12. The smallest absolute Gasteiger partial charge is 0.306 e. The van der Waals surface area contributed by atoms with Gasteiger partial charge in [-0.1, -0.05) is 222 Å². The third-order valence-corrected chi connectivity index (χ3v) is 10.3. The SMILES string of the molecule is CCC\C=C/C=C\C=C/C=C\C=C/CCCCCCCC(=O)OCC(COC(=O)CCCCCCC/C=C\CCCC)OC(=O)CCCCCCCCCCCCCC. The largest absolute Gasteiger partial charge is 0.462 e. The van der Waals surface area contributed by atoms with Crippen molar-refractivity contribution in [2.24, 2.45) is 0 Å². The van der Waals surface area contributed by atoms with Gasteiger partial charge in [-0.15, -0.1) is 0 Å². The lowest BCUT2D eigenvalue weighted by Crippen LogP contribution is -2.30. The zero-order chi connectivity index (χ0) is 43.0. The molecule has 0 N–H and O–H groups in total. The van der Waals surface area contributed by atoms with E-state index >= 15 is 0 Å². The Morgan fingerprint density at radius 3 is 1.12 bits per heavy atom. The Kier molecular flexibility index (Phi) is 45.0. The number of hydrogen-bond acceptors (Lipinski definition) is 6. The summed E-state index contributed by atoms with van der Waals surface area (Å²) in [6.45, 7) is 6.47. The molecule has 0 bridgehead atoms. The molecule has 0 amide bonds. The maximum absolute atomic E-state index is 12.7. The van der Waals surface area contributed by atoms with Gasteiger partial charge in [-0.05, 0) is 57.8 Å². The second-order valence-corrected chi connectivity index (χ2v) is 16.1. The minimum atomic E-state index is -0.786. The molecule has 0 aliphatic carbocycles. The summed E-state index contributed by atoms with van der Waals surface area (Å²) >= 11 is 0. The average Bonchev–Trinajstić information content (AvgIpc) is 3.23. The fourth-order valence-electron chi connectivity index (χ4n) is 6.57. The molecule has 1 atom stereocenters. The quantitative estimate of drug-likeness (QED) is 0.0200. The van der Waals surface area contributed by atoms with Crippen LogP contribution in [0.2, 0.25) is 0 Å². The van der Waals surface area contributed by atoms with Crippen LogP contribution in [0.5, 0.6) is 0 Å². The fourth-order valence-corrected chi connectivity index (χ4v) is 6.57. The molecule has 0 aromatic heterocycles. The number of ether oxygens (including phenoxy) is 3. The number of carbonyl (C=O) groups is 3. The molecular weight excluding hydrogens is 733 g/mol. The van der Waals surface area contributed by atoms with Crippen molar-refractivity contribution in [2.75, 3.05) is 13.2 Å². The van der Waals surface area contributed by atoms with Crippen LogP contribution in [0.25, 0.3) is 0 Å². The number of carbonyl (C=O) groups excluding carboxylic acids is 3. The molecule has 6 heteroatoms. The summed E-state index contributed by atoms with van der Waals surface area (Å²) in [5, 5.41) is 0. The summed E-state index contributed by atoms with van der Waals surface area (Å²) < 4.78 is 16.7. The minimum absolute atomic E-state index is 0.0873. The number of rotatable bonds is 43. The first kappa shape index (κ1) is 55.9. The van der Waals surface area contributed by atoms with Gasteiger partial charge < -0.3 is 14.2 Å².